The van der Waals surface area contributed by atoms with Crippen molar-refractivity contribution < 1.29 is 4.42 Å². The van der Waals surface area contributed by atoms with E-state index in [4.69, 9.17) is 10.2 Å². The summed E-state index contributed by atoms with van der Waals surface area (Å²) in [5.41, 5.74) is 5.18. The molecule has 0 aliphatic heterocycles. The molecule has 0 atom stereocenters. The van der Waals surface area contributed by atoms with E-state index in [1.807, 2.05) is 0 Å². The van der Waals surface area contributed by atoms with Gasteiger partial charge >= 0.3 is 0 Å². The van der Waals surface area contributed by atoms with Crippen LogP contribution in [0, 0.1) is 0 Å². The second-order valence-electron chi connectivity index (χ2n) is 1.32. The lowest BCUT2D eigenvalue weighted by atomic mass is 10.9. The molecular weight excluding hydrogens is 106 g/mol. The van der Waals surface area contributed by atoms with E-state index in [0.29, 0.717) is 11.9 Å². The molecule has 1 aromatic rings. The highest BCUT2D eigenvalue weighted by Gasteiger charge is 1.92. The van der Waals surface area contributed by atoms with Gasteiger partial charge in [-0.1, -0.05) is 0 Å². The molecule has 0 bridgehead atoms. The molecule has 3 N–H and O–H groups in total. The van der Waals surface area contributed by atoms with Crippen LogP contribution in [0.5, 0.6) is 0 Å². The van der Waals surface area contributed by atoms with Crippen molar-refractivity contribution in [2.75, 3.05) is 18.1 Å². The Hall–Kier alpha value is -1.19. The van der Waals surface area contributed by atoms with E-state index in [0.717, 1.165) is 0 Å². The largest absolute Gasteiger partial charge is 0.408 e. The van der Waals surface area contributed by atoms with Gasteiger partial charge in [0.1, 0.15) is 0 Å². The van der Waals surface area contributed by atoms with Crippen LogP contribution in [0.1, 0.15) is 0 Å². The fourth-order valence-electron chi connectivity index (χ4n) is 0.402. The maximum absolute atomic E-state index is 5.18. The second kappa shape index (κ2) is 1.73. The Morgan fingerprint density at radius 3 is 2.88 bits per heavy atom. The van der Waals surface area contributed by atoms with Gasteiger partial charge in [-0.25, -0.2) is 0 Å². The van der Waals surface area contributed by atoms with Crippen LogP contribution < -0.4 is 11.1 Å². The van der Waals surface area contributed by atoms with Crippen LogP contribution in [0.4, 0.5) is 11.9 Å². The predicted octanol–water partition coefficient (Wildman–Crippen LogP) is 0.299. The number of rotatable bonds is 1. The van der Waals surface area contributed by atoms with Crippen LogP contribution in [-0.4, -0.2) is 12.0 Å². The summed E-state index contributed by atoms with van der Waals surface area (Å²) in [6, 6.07) is 0.447. The molecular formula is C4H7N3O. The Bertz CT molecular complexity index is 172. The average Bonchev–Trinajstić information content (AvgIpc) is 2.14. The van der Waals surface area contributed by atoms with Gasteiger partial charge in [-0.15, -0.1) is 0 Å². The summed E-state index contributed by atoms with van der Waals surface area (Å²) in [6.45, 7) is 0. The third-order valence-corrected chi connectivity index (χ3v) is 0.737. The van der Waals surface area contributed by atoms with E-state index in [1.54, 1.807) is 7.05 Å². The van der Waals surface area contributed by atoms with Crippen molar-refractivity contribution in [3.8, 4) is 0 Å². The molecule has 44 valence electrons. The van der Waals surface area contributed by atoms with Crippen LogP contribution in [0.15, 0.2) is 10.6 Å². The van der Waals surface area contributed by atoms with E-state index >= 15 is 0 Å². The molecule has 1 aromatic heterocycles. The van der Waals surface area contributed by atoms with Crippen LogP contribution >= 0.6 is 0 Å². The molecule has 0 aromatic carbocycles. The first-order chi connectivity index (χ1) is 3.83. The zero-order chi connectivity index (χ0) is 5.98. The number of hydrogen-bond donors (Lipinski definition) is 2. The van der Waals surface area contributed by atoms with Crippen LogP contribution in [0.3, 0.4) is 0 Å². The zero-order valence-electron chi connectivity index (χ0n) is 4.51. The maximum atomic E-state index is 5.18. The lowest BCUT2D eigenvalue weighted by Gasteiger charge is -1.84. The van der Waals surface area contributed by atoms with Gasteiger partial charge in [-0.3, -0.25) is 0 Å². The number of nitrogens with one attached hydrogen (secondary N) is 1. The van der Waals surface area contributed by atoms with Gasteiger partial charge in [0.15, 0.2) is 0 Å². The maximum Gasteiger partial charge on any atom is 0.296 e. The van der Waals surface area contributed by atoms with Crippen molar-refractivity contribution >= 4 is 11.9 Å². The molecule has 0 unspecified atom stereocenters. The van der Waals surface area contributed by atoms with E-state index in [2.05, 4.69) is 10.3 Å². The third kappa shape index (κ3) is 0.726. The van der Waals surface area contributed by atoms with Gasteiger partial charge in [0.2, 0.25) is 5.88 Å². The number of hydrogen-bond acceptors (Lipinski definition) is 4. The quantitative estimate of drug-likeness (QED) is 0.549. The summed E-state index contributed by atoms with van der Waals surface area (Å²) < 4.78 is 4.79. The van der Waals surface area contributed by atoms with Crippen LogP contribution in [-0.2, 0) is 0 Å². The summed E-state index contributed by atoms with van der Waals surface area (Å²) >= 11 is 0. The molecule has 1 heterocycles. The minimum atomic E-state index is 0.328. The van der Waals surface area contributed by atoms with Crippen molar-refractivity contribution in [3.63, 3.8) is 0 Å². The normalized spacial score (nSPS) is 9.12. The second-order valence-corrected chi connectivity index (χ2v) is 1.32. The first kappa shape index (κ1) is 4.96. The number of aromatic nitrogens is 1. The van der Waals surface area contributed by atoms with Crippen LogP contribution in [0.2, 0.25) is 0 Å². The molecule has 0 spiro atoms. The van der Waals surface area contributed by atoms with Gasteiger partial charge in [0.05, 0.1) is 6.20 Å². The monoisotopic (exact) mass is 113 g/mol. The molecule has 0 saturated heterocycles. The van der Waals surface area contributed by atoms with Gasteiger partial charge in [0.25, 0.3) is 6.01 Å². The van der Waals surface area contributed by atoms with Gasteiger partial charge in [0, 0.05) is 7.05 Å². The lowest BCUT2D eigenvalue weighted by Crippen LogP contribution is -1.85. The predicted molar refractivity (Wildman–Crippen MR) is 30.5 cm³/mol. The van der Waals surface area contributed by atoms with Crippen molar-refractivity contribution in [2.45, 2.75) is 0 Å². The summed E-state index contributed by atoms with van der Waals surface area (Å²) in [5.74, 6) is 0.328. The van der Waals surface area contributed by atoms with Gasteiger partial charge in [-0.05, 0) is 0 Å². The Morgan fingerprint density at radius 2 is 2.62 bits per heavy atom. The Labute approximate surface area is 46.7 Å². The topological polar surface area (TPSA) is 64.1 Å². The lowest BCUT2D eigenvalue weighted by molar-refractivity contribution is 0.595. The first-order valence-electron chi connectivity index (χ1n) is 2.22. The molecule has 4 heteroatoms. The smallest absolute Gasteiger partial charge is 0.296 e. The highest BCUT2D eigenvalue weighted by molar-refractivity contribution is 5.28. The average molecular weight is 113 g/mol. The number of nitrogens with two attached hydrogens (primary N) is 1. The Kier molecular flexibility index (Phi) is 1.07. The molecule has 0 aliphatic rings. The highest BCUT2D eigenvalue weighted by atomic mass is 16.4. The zero-order valence-corrected chi connectivity index (χ0v) is 4.51. The standard InChI is InChI=1S/C4H7N3O/c1-6-4-7-2-3(5)8-4/h2H,5H2,1H3,(H,6,7). The number of oxazole rings is 1. The van der Waals surface area contributed by atoms with Crippen molar-refractivity contribution in [1.29, 1.82) is 0 Å². The summed E-state index contributed by atoms with van der Waals surface area (Å²) in [7, 11) is 1.71. The number of nitrogen functional groups attached to an aromatic ring is 1. The molecule has 4 nitrogen and oxygen atoms in total. The molecule has 0 amide bonds. The first-order valence-corrected chi connectivity index (χ1v) is 2.22. The molecule has 0 aliphatic carbocycles. The molecule has 0 fully saturated rings. The minimum Gasteiger partial charge on any atom is -0.408 e. The number of nitrogens with zero attached hydrogens (tertiary/aromatic N) is 1. The molecule has 8 heavy (non-hydrogen) atoms. The summed E-state index contributed by atoms with van der Waals surface area (Å²) in [4.78, 5) is 3.73. The van der Waals surface area contributed by atoms with Gasteiger partial charge in [-0.2, -0.15) is 4.98 Å². The SMILES string of the molecule is CNc1ncc(N)o1. The van der Waals surface area contributed by atoms with E-state index in [-0.39, 0.29) is 0 Å². The minimum absolute atomic E-state index is 0.328. The highest BCUT2D eigenvalue weighted by Crippen LogP contribution is 2.07. The fraction of sp³-hybridized carbons (Fsp3) is 0.250. The van der Waals surface area contributed by atoms with Crippen LogP contribution in [0.25, 0.3) is 0 Å². The third-order valence-electron chi connectivity index (χ3n) is 0.737. The van der Waals surface area contributed by atoms with E-state index in [1.165, 1.54) is 6.20 Å². The fourth-order valence-corrected chi connectivity index (χ4v) is 0.402. The summed E-state index contributed by atoms with van der Waals surface area (Å²) in [5, 5.41) is 2.69. The molecule has 0 radical (unpaired) electrons. The van der Waals surface area contributed by atoms with Crippen molar-refractivity contribution in [2.24, 2.45) is 0 Å². The van der Waals surface area contributed by atoms with E-state index in [9.17, 15) is 0 Å². The van der Waals surface area contributed by atoms with Crippen molar-refractivity contribution in [3.05, 3.63) is 6.20 Å². The van der Waals surface area contributed by atoms with Crippen molar-refractivity contribution in [1.82, 2.24) is 4.98 Å². The van der Waals surface area contributed by atoms with Gasteiger partial charge < -0.3 is 15.5 Å². The Balaban J connectivity index is 2.84. The Morgan fingerprint density at radius 1 is 1.88 bits per heavy atom. The van der Waals surface area contributed by atoms with E-state index < -0.39 is 0 Å². The molecule has 0 saturated carbocycles. The number of anilines is 2. The summed E-state index contributed by atoms with van der Waals surface area (Å²) in [6.07, 6.45) is 1.45. The molecule has 1 rings (SSSR count).